The molecule has 0 aliphatic carbocycles. The van der Waals surface area contributed by atoms with E-state index in [0.29, 0.717) is 12.5 Å². The number of rotatable bonds is 4. The van der Waals surface area contributed by atoms with Crippen LogP contribution >= 0.6 is 15.9 Å². The zero-order chi connectivity index (χ0) is 13.0. The van der Waals surface area contributed by atoms with Crippen molar-refractivity contribution in [2.75, 3.05) is 7.05 Å². The van der Waals surface area contributed by atoms with Gasteiger partial charge in [0.1, 0.15) is 0 Å². The Morgan fingerprint density at radius 2 is 1.76 bits per heavy atom. The molecule has 0 N–H and O–H groups in total. The molecule has 17 heavy (non-hydrogen) atoms. The lowest BCUT2D eigenvalue weighted by molar-refractivity contribution is -0.135. The molecule has 1 aromatic rings. The highest BCUT2D eigenvalue weighted by Gasteiger charge is 2.20. The van der Waals surface area contributed by atoms with Gasteiger partial charge in [-0.05, 0) is 23.6 Å². The summed E-state index contributed by atoms with van der Waals surface area (Å²) in [5.41, 5.74) is 1.15. The first kappa shape index (κ1) is 14.2. The molecule has 0 radical (unpaired) electrons. The van der Waals surface area contributed by atoms with Gasteiger partial charge in [-0.2, -0.15) is 0 Å². The van der Waals surface area contributed by atoms with Crippen LogP contribution in [0.25, 0.3) is 0 Å². The number of carbonyl (C=O) groups excluding carboxylic acids is 1. The lowest BCUT2D eigenvalue weighted by atomic mass is 9.96. The van der Waals surface area contributed by atoms with Gasteiger partial charge in [-0.1, -0.05) is 48.8 Å². The lowest BCUT2D eigenvalue weighted by Gasteiger charge is -2.23. The minimum atomic E-state index is 0.0791. The van der Waals surface area contributed by atoms with Gasteiger partial charge in [0.2, 0.25) is 5.91 Å². The topological polar surface area (TPSA) is 20.3 Å². The highest BCUT2D eigenvalue weighted by molar-refractivity contribution is 9.10. The smallest absolute Gasteiger partial charge is 0.225 e. The van der Waals surface area contributed by atoms with Crippen LogP contribution in [0, 0.1) is 11.8 Å². The quantitative estimate of drug-likeness (QED) is 0.830. The van der Waals surface area contributed by atoms with Gasteiger partial charge < -0.3 is 4.90 Å². The third kappa shape index (κ3) is 4.15. The molecule has 1 amide bonds. The number of hydrogen-bond acceptors (Lipinski definition) is 1. The number of halogens is 1. The van der Waals surface area contributed by atoms with E-state index in [4.69, 9.17) is 0 Å². The van der Waals surface area contributed by atoms with Gasteiger partial charge in [0, 0.05) is 24.0 Å². The summed E-state index contributed by atoms with van der Waals surface area (Å²) in [5.74, 6) is 0.674. The molecule has 0 spiro atoms. The second-order valence-corrected chi connectivity index (χ2v) is 5.77. The van der Waals surface area contributed by atoms with E-state index in [9.17, 15) is 4.79 Å². The molecule has 0 aliphatic heterocycles. The average molecular weight is 298 g/mol. The molecule has 94 valence electrons. The first-order valence-corrected chi connectivity index (χ1v) is 6.70. The van der Waals surface area contributed by atoms with E-state index < -0.39 is 0 Å². The molecule has 0 saturated heterocycles. The van der Waals surface area contributed by atoms with E-state index in [1.807, 2.05) is 38.2 Å². The molecule has 1 atom stereocenters. The zero-order valence-corrected chi connectivity index (χ0v) is 12.5. The normalized spacial score (nSPS) is 12.6. The first-order chi connectivity index (χ1) is 7.91. The molecule has 3 heteroatoms. The van der Waals surface area contributed by atoms with Crippen molar-refractivity contribution in [3.63, 3.8) is 0 Å². The molecule has 0 aliphatic rings. The predicted octanol–water partition coefficient (Wildman–Crippen LogP) is 3.70. The summed E-state index contributed by atoms with van der Waals surface area (Å²) in [6.45, 7) is 6.82. The molecule has 1 unspecified atom stereocenters. The van der Waals surface area contributed by atoms with Crippen LogP contribution in [0.1, 0.15) is 26.3 Å². The molecule has 0 fully saturated rings. The summed E-state index contributed by atoms with van der Waals surface area (Å²) in [7, 11) is 1.86. The van der Waals surface area contributed by atoms with Gasteiger partial charge >= 0.3 is 0 Å². The van der Waals surface area contributed by atoms with Crippen molar-refractivity contribution in [1.29, 1.82) is 0 Å². The highest BCUT2D eigenvalue weighted by Crippen LogP contribution is 2.16. The van der Waals surface area contributed by atoms with Crippen molar-refractivity contribution < 1.29 is 4.79 Å². The van der Waals surface area contributed by atoms with Crippen LogP contribution in [-0.4, -0.2) is 17.9 Å². The fraction of sp³-hybridized carbons (Fsp3) is 0.500. The Kier molecular flexibility index (Phi) is 5.19. The van der Waals surface area contributed by atoms with Crippen LogP contribution in [0.3, 0.4) is 0 Å². The van der Waals surface area contributed by atoms with Crippen LogP contribution in [-0.2, 0) is 11.3 Å². The SMILES string of the molecule is CC(C)C(C)C(=O)N(C)Cc1ccc(Br)cc1. The summed E-state index contributed by atoms with van der Waals surface area (Å²) in [5, 5.41) is 0. The maximum absolute atomic E-state index is 12.1. The van der Waals surface area contributed by atoms with Gasteiger partial charge in [-0.3, -0.25) is 4.79 Å². The maximum Gasteiger partial charge on any atom is 0.225 e. The van der Waals surface area contributed by atoms with E-state index in [1.54, 1.807) is 4.90 Å². The Bertz CT molecular complexity index is 372. The van der Waals surface area contributed by atoms with Crippen molar-refractivity contribution in [1.82, 2.24) is 4.90 Å². The summed E-state index contributed by atoms with van der Waals surface area (Å²) < 4.78 is 1.06. The van der Waals surface area contributed by atoms with Crippen LogP contribution in [0.4, 0.5) is 0 Å². The summed E-state index contributed by atoms with van der Waals surface area (Å²) >= 11 is 3.40. The standard InChI is InChI=1S/C14H20BrNO/c1-10(2)11(3)14(17)16(4)9-12-5-7-13(15)8-6-12/h5-8,10-11H,9H2,1-4H3. The fourth-order valence-electron chi connectivity index (χ4n) is 1.57. The number of hydrogen-bond donors (Lipinski definition) is 0. The molecule has 0 saturated carbocycles. The third-order valence-electron chi connectivity index (χ3n) is 3.10. The summed E-state index contributed by atoms with van der Waals surface area (Å²) in [6, 6.07) is 8.07. The van der Waals surface area contributed by atoms with Gasteiger partial charge in [-0.25, -0.2) is 0 Å². The number of carbonyl (C=O) groups is 1. The van der Waals surface area contributed by atoms with Crippen molar-refractivity contribution >= 4 is 21.8 Å². The van der Waals surface area contributed by atoms with Crippen molar-refractivity contribution in [3.05, 3.63) is 34.3 Å². The molecule has 1 aromatic carbocycles. The molecule has 1 rings (SSSR count). The van der Waals surface area contributed by atoms with Crippen molar-refractivity contribution in [2.45, 2.75) is 27.3 Å². The molecular weight excluding hydrogens is 278 g/mol. The van der Waals surface area contributed by atoms with Crippen LogP contribution in [0.2, 0.25) is 0 Å². The average Bonchev–Trinajstić information content (AvgIpc) is 2.30. The van der Waals surface area contributed by atoms with Gasteiger partial charge in [0.15, 0.2) is 0 Å². The summed E-state index contributed by atoms with van der Waals surface area (Å²) in [4.78, 5) is 13.9. The molecular formula is C14H20BrNO. The minimum absolute atomic E-state index is 0.0791. The maximum atomic E-state index is 12.1. The minimum Gasteiger partial charge on any atom is -0.341 e. The number of benzene rings is 1. The second kappa shape index (κ2) is 6.20. The number of nitrogens with zero attached hydrogens (tertiary/aromatic N) is 1. The van der Waals surface area contributed by atoms with E-state index in [1.165, 1.54) is 0 Å². The van der Waals surface area contributed by atoms with Gasteiger partial charge in [0.05, 0.1) is 0 Å². The van der Waals surface area contributed by atoms with Crippen molar-refractivity contribution in [2.24, 2.45) is 11.8 Å². The van der Waals surface area contributed by atoms with E-state index in [0.717, 1.165) is 10.0 Å². The van der Waals surface area contributed by atoms with E-state index in [2.05, 4.69) is 29.8 Å². The first-order valence-electron chi connectivity index (χ1n) is 5.91. The molecule has 0 heterocycles. The molecule has 0 aromatic heterocycles. The van der Waals surface area contributed by atoms with Gasteiger partial charge in [0.25, 0.3) is 0 Å². The van der Waals surface area contributed by atoms with Gasteiger partial charge in [-0.15, -0.1) is 0 Å². The molecule has 0 bridgehead atoms. The highest BCUT2D eigenvalue weighted by atomic mass is 79.9. The predicted molar refractivity (Wildman–Crippen MR) is 74.6 cm³/mol. The Balaban J connectivity index is 2.63. The van der Waals surface area contributed by atoms with Crippen LogP contribution in [0.5, 0.6) is 0 Å². The zero-order valence-electron chi connectivity index (χ0n) is 10.9. The fourth-order valence-corrected chi connectivity index (χ4v) is 1.84. The Morgan fingerprint density at radius 3 is 2.24 bits per heavy atom. The second-order valence-electron chi connectivity index (χ2n) is 4.85. The monoisotopic (exact) mass is 297 g/mol. The number of amides is 1. The van der Waals surface area contributed by atoms with E-state index in [-0.39, 0.29) is 11.8 Å². The summed E-state index contributed by atoms with van der Waals surface area (Å²) in [6.07, 6.45) is 0. The Hall–Kier alpha value is -0.830. The van der Waals surface area contributed by atoms with Crippen LogP contribution in [0.15, 0.2) is 28.7 Å². The van der Waals surface area contributed by atoms with E-state index >= 15 is 0 Å². The lowest BCUT2D eigenvalue weighted by Crippen LogP contribution is -2.33. The van der Waals surface area contributed by atoms with Crippen LogP contribution < -0.4 is 0 Å². The third-order valence-corrected chi connectivity index (χ3v) is 3.63. The molecule has 2 nitrogen and oxygen atoms in total. The Labute approximate surface area is 112 Å². The Morgan fingerprint density at radius 1 is 1.24 bits per heavy atom. The largest absolute Gasteiger partial charge is 0.341 e. The van der Waals surface area contributed by atoms with Crippen molar-refractivity contribution in [3.8, 4) is 0 Å².